The van der Waals surface area contributed by atoms with Crippen LogP contribution < -0.4 is 0 Å². The molecule has 0 bridgehead atoms. The van der Waals surface area contributed by atoms with Gasteiger partial charge in [-0.15, -0.1) is 35.9 Å². The van der Waals surface area contributed by atoms with E-state index in [4.69, 9.17) is 0 Å². The number of phenolic OH excluding ortho intramolecular Hbond substituents is 3. The van der Waals surface area contributed by atoms with Gasteiger partial charge in [-0.2, -0.15) is 30.3 Å². The number of fused-ring (bicyclic) bond motifs is 1. The molecule has 0 saturated heterocycles. The summed E-state index contributed by atoms with van der Waals surface area (Å²) in [7, 11) is 0. The second kappa shape index (κ2) is 32.1. The minimum absolute atomic E-state index is 0. The molecule has 0 saturated carbocycles. The molecule has 0 aliphatic heterocycles. The number of benzene rings is 4. The molecule has 4 aromatic carbocycles. The van der Waals surface area contributed by atoms with E-state index >= 15 is 0 Å². The molecule has 0 spiro atoms. The van der Waals surface area contributed by atoms with Crippen molar-refractivity contribution in [3.8, 4) is 17.2 Å². The van der Waals surface area contributed by atoms with Gasteiger partial charge in [0.25, 0.3) is 0 Å². The average molecular weight is 1230 g/mol. The first-order valence-electron chi connectivity index (χ1n) is 27.8. The van der Waals surface area contributed by atoms with E-state index in [0.29, 0.717) is 11.5 Å². The number of phenols is 3. The van der Waals surface area contributed by atoms with Crippen LogP contribution in [-0.2, 0) is 65.4 Å². The zero-order valence-electron chi connectivity index (χ0n) is 54.1. The second-order valence-corrected chi connectivity index (χ2v) is 29.4. The summed E-state index contributed by atoms with van der Waals surface area (Å²) in [5.74, 6) is 0.873. The summed E-state index contributed by atoms with van der Waals surface area (Å²) in [5, 5.41) is 33.1. The summed E-state index contributed by atoms with van der Waals surface area (Å²) in [4.78, 5) is 3.38. The third-order valence-electron chi connectivity index (χ3n) is 10.9. The number of hydrogen-bond donors (Lipinski definition) is 4. The molecule has 1 aromatic heterocycles. The van der Waals surface area contributed by atoms with Crippen LogP contribution in [0.3, 0.4) is 0 Å². The second-order valence-electron chi connectivity index (χ2n) is 29.4. The van der Waals surface area contributed by atoms with Crippen LogP contribution in [0.15, 0.2) is 115 Å². The predicted molar refractivity (Wildman–Crippen MR) is 348 cm³/mol. The van der Waals surface area contributed by atoms with Gasteiger partial charge in [-0.3, -0.25) is 0 Å². The molecule has 6 heteroatoms. The maximum atomic E-state index is 10.8. The zero-order chi connectivity index (χ0) is 59.7. The standard InChI is InChI=1S/C22H28O.2C18H25O.C16H25N.2Y/c1-21(2,3)13-11-17-15-16-9-7-8-10-18(16)19(20(17)23)12-14-22(4,5)6;1-17(2,3)11-9-14-7-8-16(19)15(13-14)10-12-18(4,5)6;1-17(2,3)12-10-14-8-7-9-15(16(14)19)11-13-18(4,5)6;1-15(2,3)11-9-13-7-8-14(17-13)10-12-16(4,5)6;;/h7-15,23H,1-6H3;7,9-13,19H,1-6H3;8-13,19H,1-6H3;7-12,17H,1-6H3;;/q;2*-1;;;/b13-11+,14-12+;11-9+,12-10+;12-10+,13-11+;11-9+,12-10+;;. The van der Waals surface area contributed by atoms with E-state index in [1.54, 1.807) is 0 Å². The number of aromatic hydroxyl groups is 3. The number of H-pyrrole nitrogens is 1. The Morgan fingerprint density at radius 3 is 1.12 bits per heavy atom. The molecule has 0 aliphatic carbocycles. The van der Waals surface area contributed by atoms with Gasteiger partial charge in [0.2, 0.25) is 0 Å². The van der Waals surface area contributed by atoms with Gasteiger partial charge in [-0.25, -0.2) is 0 Å². The van der Waals surface area contributed by atoms with Crippen LogP contribution in [0.1, 0.15) is 211 Å². The van der Waals surface area contributed by atoms with Gasteiger partial charge in [0.1, 0.15) is 5.75 Å². The Bertz CT molecular complexity index is 2810. The molecule has 5 rings (SSSR count). The van der Waals surface area contributed by atoms with Crippen molar-refractivity contribution in [2.75, 3.05) is 0 Å². The number of nitrogens with one attached hydrogen (secondary N) is 1. The molecular formula is C74H103NO3Y2-2. The summed E-state index contributed by atoms with van der Waals surface area (Å²) in [6.07, 6.45) is 33.5. The minimum Gasteiger partial charge on any atom is -0.533 e. The van der Waals surface area contributed by atoms with Gasteiger partial charge in [0.15, 0.2) is 0 Å². The average Bonchev–Trinajstić information content (AvgIpc) is 3.74. The summed E-state index contributed by atoms with van der Waals surface area (Å²) < 4.78 is 0. The van der Waals surface area contributed by atoms with Crippen LogP contribution in [0.5, 0.6) is 17.2 Å². The summed E-state index contributed by atoms with van der Waals surface area (Å²) >= 11 is 0. The van der Waals surface area contributed by atoms with E-state index in [9.17, 15) is 15.3 Å². The molecule has 4 nitrogen and oxygen atoms in total. The Labute approximate surface area is 539 Å². The Kier molecular flexibility index (Phi) is 30.5. The fraction of sp³-hybridized carbons (Fsp3) is 0.432. The fourth-order valence-corrected chi connectivity index (χ4v) is 6.55. The quantitative estimate of drug-likeness (QED) is 0.117. The zero-order valence-corrected chi connectivity index (χ0v) is 59.8. The topological polar surface area (TPSA) is 76.5 Å². The van der Waals surface area contributed by atoms with Crippen molar-refractivity contribution in [1.82, 2.24) is 4.98 Å². The molecule has 2 radical (unpaired) electrons. The molecular weight excluding hydrogens is 1130 g/mol. The van der Waals surface area contributed by atoms with Crippen LogP contribution in [0.2, 0.25) is 0 Å². The van der Waals surface area contributed by atoms with Crippen LogP contribution in [-0.4, -0.2) is 20.3 Å². The van der Waals surface area contributed by atoms with E-state index in [0.717, 1.165) is 55.5 Å². The summed E-state index contributed by atoms with van der Waals surface area (Å²) in [5.41, 5.74) is 8.64. The van der Waals surface area contributed by atoms with Crippen molar-refractivity contribution in [1.29, 1.82) is 0 Å². The monoisotopic (exact) mass is 1230 g/mol. The molecule has 1 heterocycles. The largest absolute Gasteiger partial charge is 0.533 e. The van der Waals surface area contributed by atoms with Gasteiger partial charge in [0, 0.05) is 99.4 Å². The molecule has 4 N–H and O–H groups in total. The van der Waals surface area contributed by atoms with Crippen molar-refractivity contribution in [2.45, 2.75) is 166 Å². The molecule has 0 amide bonds. The fourth-order valence-electron chi connectivity index (χ4n) is 6.55. The predicted octanol–water partition coefficient (Wildman–Crippen LogP) is 22.4. The van der Waals surface area contributed by atoms with E-state index in [1.165, 1.54) is 0 Å². The molecule has 430 valence electrons. The molecule has 0 atom stereocenters. The maximum absolute atomic E-state index is 10.8. The molecule has 0 aliphatic rings. The summed E-state index contributed by atoms with van der Waals surface area (Å²) in [6.45, 7) is 51.8. The van der Waals surface area contributed by atoms with Crippen LogP contribution in [0.4, 0.5) is 0 Å². The van der Waals surface area contributed by atoms with Crippen molar-refractivity contribution >= 4 is 59.4 Å². The molecule has 0 fully saturated rings. The normalized spacial score (nSPS) is 13.3. The third-order valence-corrected chi connectivity index (χ3v) is 10.9. The van der Waals surface area contributed by atoms with Crippen molar-refractivity contribution in [3.05, 3.63) is 172 Å². The van der Waals surface area contributed by atoms with E-state index in [-0.39, 0.29) is 114 Å². The van der Waals surface area contributed by atoms with Gasteiger partial charge in [-0.05, 0) is 84.4 Å². The first kappa shape index (κ1) is 75.9. The van der Waals surface area contributed by atoms with Crippen LogP contribution in [0, 0.1) is 55.5 Å². The Morgan fingerprint density at radius 1 is 0.362 bits per heavy atom. The number of allylic oxidation sites excluding steroid dienone is 8. The number of aromatic nitrogens is 1. The van der Waals surface area contributed by atoms with Gasteiger partial charge in [-0.1, -0.05) is 268 Å². The van der Waals surface area contributed by atoms with Crippen LogP contribution >= 0.6 is 0 Å². The SMILES string of the molecule is CC(C)(C)/C=C/c1c[c-]c(O)c(/C=C/C(C)(C)C)c1.CC(C)(C)/C=C/c1c[c-]cc(/C=C/C(C)(C)C)c1O.CC(C)(C)/C=C/c1cc2ccccc2c(/C=C/C(C)(C)C)c1O.CC(C)(C)/C=C/c1ccc(/C=C/C(C)(C)C)[nH]1.[Y].[Y]. The third kappa shape index (κ3) is 34.4. The molecule has 5 aromatic rings. The van der Waals surface area contributed by atoms with E-state index in [2.05, 4.69) is 280 Å². The maximum Gasteiger partial charge on any atom is 0.130 e. The van der Waals surface area contributed by atoms with E-state index < -0.39 is 0 Å². The van der Waals surface area contributed by atoms with Crippen molar-refractivity contribution in [2.24, 2.45) is 43.3 Å². The van der Waals surface area contributed by atoms with E-state index in [1.807, 2.05) is 66.8 Å². The summed E-state index contributed by atoms with van der Waals surface area (Å²) in [6, 6.07) is 27.9. The van der Waals surface area contributed by atoms with Gasteiger partial charge in [0.05, 0.1) is 0 Å². The number of hydrogen-bond acceptors (Lipinski definition) is 3. The molecule has 0 unspecified atom stereocenters. The van der Waals surface area contributed by atoms with Crippen molar-refractivity contribution in [3.63, 3.8) is 0 Å². The first-order valence-corrected chi connectivity index (χ1v) is 27.8. The smallest absolute Gasteiger partial charge is 0.130 e. The number of rotatable bonds is 8. The van der Waals surface area contributed by atoms with Crippen molar-refractivity contribution < 1.29 is 80.7 Å². The minimum atomic E-state index is 0. The Hall–Kier alpha value is -4.05. The van der Waals surface area contributed by atoms with Gasteiger partial charge >= 0.3 is 0 Å². The van der Waals surface area contributed by atoms with Crippen LogP contribution in [0.25, 0.3) is 59.4 Å². The Balaban J connectivity index is 0.00000104. The number of aromatic amines is 1. The van der Waals surface area contributed by atoms with Gasteiger partial charge < -0.3 is 20.3 Å². The first-order chi connectivity index (χ1) is 35.4. The Morgan fingerprint density at radius 2 is 0.713 bits per heavy atom. The molecule has 80 heavy (non-hydrogen) atoms.